The van der Waals surface area contributed by atoms with Gasteiger partial charge in [-0.2, -0.15) is 5.26 Å². The predicted octanol–water partition coefficient (Wildman–Crippen LogP) is 3.79. The molecule has 1 atom stereocenters. The van der Waals surface area contributed by atoms with Crippen molar-refractivity contribution in [2.24, 2.45) is 5.92 Å². The number of hydrogen-bond acceptors (Lipinski definition) is 3. The van der Waals surface area contributed by atoms with Gasteiger partial charge < -0.3 is 10.1 Å². The molecule has 0 saturated carbocycles. The summed E-state index contributed by atoms with van der Waals surface area (Å²) in [5.74, 6) is 0.437. The summed E-state index contributed by atoms with van der Waals surface area (Å²) in [7, 11) is 0. The molecule has 0 heterocycles. The van der Waals surface area contributed by atoms with Crippen molar-refractivity contribution in [3.63, 3.8) is 0 Å². The molecule has 0 bridgehead atoms. The van der Waals surface area contributed by atoms with Crippen molar-refractivity contribution in [1.29, 1.82) is 5.26 Å². The Labute approximate surface area is 117 Å². The van der Waals surface area contributed by atoms with Crippen LogP contribution in [0.5, 0.6) is 0 Å². The number of ether oxygens (including phenoxy) is 1. The van der Waals surface area contributed by atoms with Gasteiger partial charge in [0.25, 0.3) is 0 Å². The van der Waals surface area contributed by atoms with Crippen LogP contribution in [0, 0.1) is 17.2 Å². The normalized spacial score (nSPS) is 12.2. The Kier molecular flexibility index (Phi) is 6.17. The van der Waals surface area contributed by atoms with Crippen LogP contribution in [0.25, 0.3) is 0 Å². The largest absolute Gasteiger partial charge is 0.380 e. The molecule has 3 nitrogen and oxygen atoms in total. The van der Waals surface area contributed by atoms with Crippen molar-refractivity contribution in [2.45, 2.75) is 26.8 Å². The highest BCUT2D eigenvalue weighted by Crippen LogP contribution is 2.22. The summed E-state index contributed by atoms with van der Waals surface area (Å²) in [4.78, 5) is 0. The van der Waals surface area contributed by atoms with Gasteiger partial charge in [0.1, 0.15) is 6.07 Å². The lowest BCUT2D eigenvalue weighted by Crippen LogP contribution is -2.31. The number of anilines is 1. The van der Waals surface area contributed by atoms with Gasteiger partial charge in [0.15, 0.2) is 0 Å². The van der Waals surface area contributed by atoms with Crippen molar-refractivity contribution in [2.75, 3.05) is 18.5 Å². The minimum atomic E-state index is 0.207. The van der Waals surface area contributed by atoms with Crippen LogP contribution in [0.3, 0.4) is 0 Å². The van der Waals surface area contributed by atoms with Gasteiger partial charge in [0, 0.05) is 11.1 Å². The molecule has 0 amide bonds. The maximum atomic E-state index is 9.13. The van der Waals surface area contributed by atoms with E-state index in [4.69, 9.17) is 10.00 Å². The van der Waals surface area contributed by atoms with E-state index in [2.05, 4.69) is 41.2 Å². The smallest absolute Gasteiger partial charge is 0.101 e. The first-order valence-electron chi connectivity index (χ1n) is 6.12. The Morgan fingerprint density at radius 3 is 2.72 bits per heavy atom. The van der Waals surface area contributed by atoms with E-state index in [1.807, 2.05) is 25.1 Å². The van der Waals surface area contributed by atoms with Gasteiger partial charge in [-0.25, -0.2) is 0 Å². The molecule has 0 spiro atoms. The zero-order chi connectivity index (χ0) is 13.5. The zero-order valence-electron chi connectivity index (χ0n) is 11.0. The maximum absolute atomic E-state index is 9.13. The first kappa shape index (κ1) is 15.0. The number of halogens is 1. The number of hydrogen-bond donors (Lipinski definition) is 1. The second kappa shape index (κ2) is 7.40. The summed E-state index contributed by atoms with van der Waals surface area (Å²) < 4.78 is 6.38. The SMILES string of the molecule is CCOCC(Nc1ccc(Br)cc1C#N)C(C)C. The van der Waals surface area contributed by atoms with E-state index in [0.717, 1.165) is 10.2 Å². The third-order valence-corrected chi connectivity index (χ3v) is 3.24. The molecule has 4 heteroatoms. The van der Waals surface area contributed by atoms with E-state index in [1.54, 1.807) is 0 Å². The summed E-state index contributed by atoms with van der Waals surface area (Å²) in [6.45, 7) is 7.62. The van der Waals surface area contributed by atoms with E-state index in [1.165, 1.54) is 0 Å². The summed E-state index contributed by atoms with van der Waals surface area (Å²) in [5.41, 5.74) is 1.51. The molecule has 0 aliphatic carbocycles. The molecule has 0 saturated heterocycles. The van der Waals surface area contributed by atoms with Crippen molar-refractivity contribution >= 4 is 21.6 Å². The predicted molar refractivity (Wildman–Crippen MR) is 77.6 cm³/mol. The van der Waals surface area contributed by atoms with Crippen molar-refractivity contribution < 1.29 is 4.74 Å². The minimum absolute atomic E-state index is 0.207. The fourth-order valence-electron chi connectivity index (χ4n) is 1.58. The molecule has 98 valence electrons. The summed E-state index contributed by atoms with van der Waals surface area (Å²) >= 11 is 3.37. The second-order valence-electron chi connectivity index (χ2n) is 4.46. The third-order valence-electron chi connectivity index (χ3n) is 2.75. The van der Waals surface area contributed by atoms with Gasteiger partial charge in [-0.3, -0.25) is 0 Å². The van der Waals surface area contributed by atoms with Crippen LogP contribution in [-0.2, 0) is 4.74 Å². The van der Waals surface area contributed by atoms with Crippen LogP contribution in [0.2, 0.25) is 0 Å². The van der Waals surface area contributed by atoms with Gasteiger partial charge in [-0.15, -0.1) is 0 Å². The monoisotopic (exact) mass is 310 g/mol. The molecule has 0 fully saturated rings. The highest BCUT2D eigenvalue weighted by Gasteiger charge is 2.15. The molecule has 1 aromatic rings. The Bertz CT molecular complexity index is 426. The van der Waals surface area contributed by atoms with E-state index in [0.29, 0.717) is 24.7 Å². The van der Waals surface area contributed by atoms with Crippen LogP contribution >= 0.6 is 15.9 Å². The number of nitrogens with one attached hydrogen (secondary N) is 1. The van der Waals surface area contributed by atoms with Crippen molar-refractivity contribution in [3.8, 4) is 6.07 Å². The first-order valence-corrected chi connectivity index (χ1v) is 6.91. The van der Waals surface area contributed by atoms with Gasteiger partial charge in [0.2, 0.25) is 0 Å². The van der Waals surface area contributed by atoms with Crippen LogP contribution in [0.15, 0.2) is 22.7 Å². The minimum Gasteiger partial charge on any atom is -0.380 e. The number of rotatable bonds is 6. The second-order valence-corrected chi connectivity index (χ2v) is 5.37. The molecular formula is C14H19BrN2O. The molecule has 0 aliphatic heterocycles. The standard InChI is InChI=1S/C14H19BrN2O/c1-4-18-9-14(10(2)3)17-13-6-5-12(15)7-11(13)8-16/h5-7,10,14,17H,4,9H2,1-3H3. The summed E-state index contributed by atoms with van der Waals surface area (Å²) in [6, 6.07) is 8.08. The molecule has 0 aromatic heterocycles. The molecule has 1 rings (SSSR count). The zero-order valence-corrected chi connectivity index (χ0v) is 12.6. The molecular weight excluding hydrogens is 292 g/mol. The fraction of sp³-hybridized carbons (Fsp3) is 0.500. The molecule has 1 unspecified atom stereocenters. The average Bonchev–Trinajstić information content (AvgIpc) is 2.35. The highest BCUT2D eigenvalue weighted by atomic mass is 79.9. The maximum Gasteiger partial charge on any atom is 0.101 e. The van der Waals surface area contributed by atoms with Crippen molar-refractivity contribution in [1.82, 2.24) is 0 Å². The van der Waals surface area contributed by atoms with E-state index in [-0.39, 0.29) is 6.04 Å². The third kappa shape index (κ3) is 4.32. The Balaban J connectivity index is 2.83. The first-order chi connectivity index (χ1) is 8.58. The highest BCUT2D eigenvalue weighted by molar-refractivity contribution is 9.10. The van der Waals surface area contributed by atoms with Crippen LogP contribution in [0.1, 0.15) is 26.3 Å². The lowest BCUT2D eigenvalue weighted by molar-refractivity contribution is 0.127. The van der Waals surface area contributed by atoms with E-state index >= 15 is 0 Å². The number of nitrogens with zero attached hydrogens (tertiary/aromatic N) is 1. The van der Waals surface area contributed by atoms with Crippen LogP contribution in [0.4, 0.5) is 5.69 Å². The topological polar surface area (TPSA) is 45.0 Å². The summed E-state index contributed by atoms with van der Waals surface area (Å²) in [5, 5.41) is 12.5. The average molecular weight is 311 g/mol. The lowest BCUT2D eigenvalue weighted by Gasteiger charge is -2.23. The summed E-state index contributed by atoms with van der Waals surface area (Å²) in [6.07, 6.45) is 0. The molecule has 0 aliphatic rings. The van der Waals surface area contributed by atoms with Gasteiger partial charge in [-0.05, 0) is 31.0 Å². The Morgan fingerprint density at radius 1 is 1.44 bits per heavy atom. The quantitative estimate of drug-likeness (QED) is 0.869. The van der Waals surface area contributed by atoms with Crippen LogP contribution < -0.4 is 5.32 Å². The lowest BCUT2D eigenvalue weighted by atomic mass is 10.0. The molecule has 1 N–H and O–H groups in total. The Morgan fingerprint density at radius 2 is 2.17 bits per heavy atom. The van der Waals surface area contributed by atoms with Crippen molar-refractivity contribution in [3.05, 3.63) is 28.2 Å². The number of nitriles is 1. The van der Waals surface area contributed by atoms with Gasteiger partial charge >= 0.3 is 0 Å². The fourth-order valence-corrected chi connectivity index (χ4v) is 1.94. The number of benzene rings is 1. The van der Waals surface area contributed by atoms with E-state index < -0.39 is 0 Å². The Hall–Kier alpha value is -1.05. The molecule has 0 radical (unpaired) electrons. The van der Waals surface area contributed by atoms with E-state index in [9.17, 15) is 0 Å². The van der Waals surface area contributed by atoms with Gasteiger partial charge in [-0.1, -0.05) is 29.8 Å². The van der Waals surface area contributed by atoms with Crippen LogP contribution in [-0.4, -0.2) is 19.3 Å². The molecule has 18 heavy (non-hydrogen) atoms. The molecule has 1 aromatic carbocycles. The van der Waals surface area contributed by atoms with Gasteiger partial charge in [0.05, 0.1) is 23.9 Å².